The quantitative estimate of drug-likeness (QED) is 0.920. The third-order valence-electron chi connectivity index (χ3n) is 4.01. The molecule has 0 aromatic heterocycles. The van der Waals surface area contributed by atoms with Crippen LogP contribution in [0.15, 0.2) is 17.0 Å². The first-order valence-corrected chi connectivity index (χ1v) is 8.65. The van der Waals surface area contributed by atoms with Gasteiger partial charge in [-0.15, -0.1) is 0 Å². The zero-order valence-corrected chi connectivity index (χ0v) is 13.6. The van der Waals surface area contributed by atoms with Gasteiger partial charge in [0, 0.05) is 13.6 Å². The van der Waals surface area contributed by atoms with Gasteiger partial charge in [0.15, 0.2) is 0 Å². The van der Waals surface area contributed by atoms with Crippen LogP contribution >= 0.6 is 11.6 Å². The number of nitrogens with zero attached hydrogens (tertiary/aromatic N) is 1. The number of benzene rings is 1. The van der Waals surface area contributed by atoms with Crippen LogP contribution in [0.2, 0.25) is 5.02 Å². The minimum absolute atomic E-state index is 0.0647. The molecule has 0 amide bonds. The van der Waals surface area contributed by atoms with Gasteiger partial charge in [0.1, 0.15) is 10.7 Å². The SMILES string of the molecule is Cc1cc(S(=O)(=O)N(C)CC2CCCC2O)c(Cl)cc1F. The summed E-state index contributed by atoms with van der Waals surface area (Å²) in [6.07, 6.45) is 1.94. The van der Waals surface area contributed by atoms with E-state index in [0.29, 0.717) is 6.42 Å². The van der Waals surface area contributed by atoms with Crippen LogP contribution in [0.5, 0.6) is 0 Å². The Morgan fingerprint density at radius 2 is 2.10 bits per heavy atom. The monoisotopic (exact) mass is 335 g/mol. The summed E-state index contributed by atoms with van der Waals surface area (Å²) in [6, 6.07) is 2.26. The first-order chi connectivity index (χ1) is 9.73. The molecule has 7 heteroatoms. The van der Waals surface area contributed by atoms with Crippen molar-refractivity contribution in [2.75, 3.05) is 13.6 Å². The highest BCUT2D eigenvalue weighted by Crippen LogP contribution is 2.30. The van der Waals surface area contributed by atoms with E-state index in [0.717, 1.165) is 18.9 Å². The molecule has 2 unspecified atom stereocenters. The molecule has 0 radical (unpaired) electrons. The van der Waals surface area contributed by atoms with E-state index in [1.165, 1.54) is 24.3 Å². The zero-order valence-electron chi connectivity index (χ0n) is 12.0. The van der Waals surface area contributed by atoms with E-state index in [2.05, 4.69) is 0 Å². The number of halogens is 2. The molecule has 118 valence electrons. The molecular weight excluding hydrogens is 317 g/mol. The van der Waals surface area contributed by atoms with Gasteiger partial charge in [-0.05, 0) is 43.4 Å². The van der Waals surface area contributed by atoms with Gasteiger partial charge in [0.05, 0.1) is 11.1 Å². The molecule has 0 spiro atoms. The van der Waals surface area contributed by atoms with Crippen molar-refractivity contribution in [3.63, 3.8) is 0 Å². The molecule has 1 aliphatic carbocycles. The lowest BCUT2D eigenvalue weighted by Crippen LogP contribution is -2.34. The molecule has 0 aliphatic heterocycles. The molecule has 2 rings (SSSR count). The highest BCUT2D eigenvalue weighted by molar-refractivity contribution is 7.89. The highest BCUT2D eigenvalue weighted by Gasteiger charge is 2.31. The molecule has 1 aromatic carbocycles. The van der Waals surface area contributed by atoms with Crippen molar-refractivity contribution < 1.29 is 17.9 Å². The lowest BCUT2D eigenvalue weighted by Gasteiger charge is -2.23. The predicted octanol–water partition coefficient (Wildman–Crippen LogP) is 2.57. The number of hydrogen-bond acceptors (Lipinski definition) is 3. The van der Waals surface area contributed by atoms with E-state index < -0.39 is 21.9 Å². The van der Waals surface area contributed by atoms with Crippen molar-refractivity contribution in [1.29, 1.82) is 0 Å². The zero-order chi connectivity index (χ0) is 15.8. The van der Waals surface area contributed by atoms with E-state index in [1.54, 1.807) is 0 Å². The molecule has 1 aliphatic rings. The summed E-state index contributed by atoms with van der Waals surface area (Å²) in [7, 11) is -2.34. The summed E-state index contributed by atoms with van der Waals surface area (Å²) in [4.78, 5) is -0.0990. The lowest BCUT2D eigenvalue weighted by molar-refractivity contribution is 0.123. The minimum atomic E-state index is -3.80. The molecule has 2 atom stereocenters. The third-order valence-corrected chi connectivity index (χ3v) is 6.30. The average molecular weight is 336 g/mol. The second-order valence-corrected chi connectivity index (χ2v) is 8.00. The molecule has 21 heavy (non-hydrogen) atoms. The summed E-state index contributed by atoms with van der Waals surface area (Å²) < 4.78 is 39.7. The van der Waals surface area contributed by atoms with Crippen LogP contribution in [0.1, 0.15) is 24.8 Å². The Hall–Kier alpha value is -0.690. The maximum atomic E-state index is 13.4. The first-order valence-electron chi connectivity index (χ1n) is 6.83. The topological polar surface area (TPSA) is 57.6 Å². The summed E-state index contributed by atoms with van der Waals surface area (Å²) in [6.45, 7) is 1.72. The number of hydrogen-bond donors (Lipinski definition) is 1. The second kappa shape index (κ2) is 6.20. The van der Waals surface area contributed by atoms with Crippen LogP contribution < -0.4 is 0 Å². The van der Waals surface area contributed by atoms with Gasteiger partial charge in [-0.2, -0.15) is 0 Å². The summed E-state index contributed by atoms with van der Waals surface area (Å²) in [5.74, 6) is -0.599. The smallest absolute Gasteiger partial charge is 0.244 e. The summed E-state index contributed by atoms with van der Waals surface area (Å²) in [5, 5.41) is 9.68. The number of rotatable bonds is 4. The van der Waals surface area contributed by atoms with Gasteiger partial charge >= 0.3 is 0 Å². The van der Waals surface area contributed by atoms with Gasteiger partial charge in [-0.25, -0.2) is 17.1 Å². The van der Waals surface area contributed by atoms with Gasteiger partial charge in [-0.3, -0.25) is 0 Å². The molecular formula is C14H19ClFNO3S. The largest absolute Gasteiger partial charge is 0.393 e. The predicted molar refractivity (Wildman–Crippen MR) is 79.3 cm³/mol. The van der Waals surface area contributed by atoms with Crippen LogP contribution in [0, 0.1) is 18.7 Å². The highest BCUT2D eigenvalue weighted by atomic mass is 35.5. The van der Waals surface area contributed by atoms with Crippen LogP contribution in [0.25, 0.3) is 0 Å². The Labute approximate surface area is 129 Å². The normalized spacial score (nSPS) is 23.0. The number of sulfonamides is 1. The van der Waals surface area contributed by atoms with Crippen LogP contribution in [0.4, 0.5) is 4.39 Å². The Morgan fingerprint density at radius 3 is 2.67 bits per heavy atom. The maximum absolute atomic E-state index is 13.4. The molecule has 1 fully saturated rings. The second-order valence-electron chi connectivity index (χ2n) is 5.58. The molecule has 1 N–H and O–H groups in total. The molecule has 0 bridgehead atoms. The molecule has 0 heterocycles. The van der Waals surface area contributed by atoms with E-state index in [1.807, 2.05) is 0 Å². The molecule has 0 saturated heterocycles. The average Bonchev–Trinajstić information content (AvgIpc) is 2.79. The Kier molecular flexibility index (Phi) is 4.92. The van der Waals surface area contributed by atoms with Crippen molar-refractivity contribution in [2.45, 2.75) is 37.2 Å². The van der Waals surface area contributed by atoms with Crippen LogP contribution in [-0.4, -0.2) is 37.5 Å². The summed E-state index contributed by atoms with van der Waals surface area (Å²) >= 11 is 5.88. The van der Waals surface area contributed by atoms with Crippen LogP contribution in [0.3, 0.4) is 0 Å². The van der Waals surface area contributed by atoms with Crippen molar-refractivity contribution in [2.24, 2.45) is 5.92 Å². The Bertz CT molecular complexity index is 635. The Balaban J connectivity index is 2.27. The van der Waals surface area contributed by atoms with E-state index >= 15 is 0 Å². The van der Waals surface area contributed by atoms with Gasteiger partial charge in [0.25, 0.3) is 0 Å². The third kappa shape index (κ3) is 3.39. The standard InChI is InChI=1S/C14H19ClFNO3S/c1-9-6-14(11(15)7-12(9)16)21(19,20)17(2)8-10-4-3-5-13(10)18/h6-7,10,13,18H,3-5,8H2,1-2H3. The number of aliphatic hydroxyl groups excluding tert-OH is 1. The van der Waals surface area contributed by atoms with Gasteiger partial charge < -0.3 is 5.11 Å². The summed E-state index contributed by atoms with van der Waals surface area (Å²) in [5.41, 5.74) is 0.229. The van der Waals surface area contributed by atoms with E-state index in [9.17, 15) is 17.9 Å². The van der Waals surface area contributed by atoms with Crippen molar-refractivity contribution in [1.82, 2.24) is 4.31 Å². The number of aliphatic hydroxyl groups is 1. The number of aryl methyl sites for hydroxylation is 1. The molecule has 4 nitrogen and oxygen atoms in total. The fourth-order valence-electron chi connectivity index (χ4n) is 2.65. The minimum Gasteiger partial charge on any atom is -0.393 e. The van der Waals surface area contributed by atoms with Crippen molar-refractivity contribution in [3.05, 3.63) is 28.5 Å². The molecule has 1 saturated carbocycles. The maximum Gasteiger partial charge on any atom is 0.244 e. The Morgan fingerprint density at radius 1 is 1.43 bits per heavy atom. The van der Waals surface area contributed by atoms with Crippen LogP contribution in [-0.2, 0) is 10.0 Å². The van der Waals surface area contributed by atoms with Crippen molar-refractivity contribution in [3.8, 4) is 0 Å². The first kappa shape index (κ1) is 16.7. The fraction of sp³-hybridized carbons (Fsp3) is 0.571. The van der Waals surface area contributed by atoms with E-state index in [4.69, 9.17) is 11.6 Å². The fourth-order valence-corrected chi connectivity index (χ4v) is 4.45. The van der Waals surface area contributed by atoms with Gasteiger partial charge in [-0.1, -0.05) is 18.0 Å². The molecule has 1 aromatic rings. The lowest BCUT2D eigenvalue weighted by atomic mass is 10.1. The van der Waals surface area contributed by atoms with Crippen molar-refractivity contribution >= 4 is 21.6 Å². The van der Waals surface area contributed by atoms with Gasteiger partial charge in [0.2, 0.25) is 10.0 Å². The van der Waals surface area contributed by atoms with E-state index in [-0.39, 0.29) is 27.9 Å².